The minimum Gasteiger partial charge on any atom is -0.397 e. The molecule has 7 nitrogen and oxygen atoms in total. The molecule has 114 valence electrons. The summed E-state index contributed by atoms with van der Waals surface area (Å²) in [5.74, 6) is -0.400. The van der Waals surface area contributed by atoms with Crippen LogP contribution in [0.2, 0.25) is 0 Å². The molecular formula is C14H21N5O2. The number of nitrogens with two attached hydrogens (primary N) is 1. The van der Waals surface area contributed by atoms with Gasteiger partial charge in [0.1, 0.15) is 0 Å². The van der Waals surface area contributed by atoms with Gasteiger partial charge in [-0.25, -0.2) is 15.1 Å². The van der Waals surface area contributed by atoms with Crippen LogP contribution in [-0.4, -0.2) is 27.3 Å². The van der Waals surface area contributed by atoms with E-state index in [2.05, 4.69) is 22.5 Å². The molecule has 0 aliphatic carbocycles. The number of hydrogen-bond donors (Lipinski definition) is 2. The number of amides is 1. The molecule has 0 bridgehead atoms. The first-order valence-electron chi connectivity index (χ1n) is 7.21. The zero-order chi connectivity index (χ0) is 15.2. The van der Waals surface area contributed by atoms with E-state index < -0.39 is 5.91 Å². The minimum atomic E-state index is -0.400. The quantitative estimate of drug-likeness (QED) is 0.600. The normalized spacial score (nSPS) is 11.0. The number of aryl methyl sites for hydroxylation is 1. The lowest BCUT2D eigenvalue weighted by Crippen LogP contribution is -2.24. The van der Waals surface area contributed by atoms with Gasteiger partial charge in [-0.3, -0.25) is 9.63 Å². The number of carbonyl (C=O) groups is 1. The van der Waals surface area contributed by atoms with Crippen molar-refractivity contribution < 1.29 is 9.63 Å². The van der Waals surface area contributed by atoms with Gasteiger partial charge in [-0.05, 0) is 13.3 Å². The Labute approximate surface area is 123 Å². The predicted octanol–water partition coefficient (Wildman–Crippen LogP) is 1.89. The summed E-state index contributed by atoms with van der Waals surface area (Å²) < 4.78 is 1.82. The first-order valence-corrected chi connectivity index (χ1v) is 7.21. The second-order valence-corrected chi connectivity index (χ2v) is 4.76. The average Bonchev–Trinajstić information content (AvgIpc) is 2.90. The van der Waals surface area contributed by atoms with Gasteiger partial charge in [-0.15, -0.1) is 0 Å². The lowest BCUT2D eigenvalue weighted by Gasteiger charge is -2.07. The summed E-state index contributed by atoms with van der Waals surface area (Å²) in [5.41, 5.74) is 9.74. The molecule has 0 radical (unpaired) electrons. The Hall–Kier alpha value is -2.15. The molecule has 0 aliphatic rings. The highest BCUT2D eigenvalue weighted by Crippen LogP contribution is 2.23. The summed E-state index contributed by atoms with van der Waals surface area (Å²) in [7, 11) is 0. The third kappa shape index (κ3) is 3.30. The van der Waals surface area contributed by atoms with Gasteiger partial charge in [0, 0.05) is 12.7 Å². The van der Waals surface area contributed by atoms with Crippen LogP contribution < -0.4 is 11.2 Å². The Morgan fingerprint density at radius 1 is 1.38 bits per heavy atom. The first kappa shape index (κ1) is 15.2. The van der Waals surface area contributed by atoms with Gasteiger partial charge in [0.15, 0.2) is 5.65 Å². The lowest BCUT2D eigenvalue weighted by atomic mass is 10.2. The third-order valence-corrected chi connectivity index (χ3v) is 3.24. The summed E-state index contributed by atoms with van der Waals surface area (Å²) >= 11 is 0. The number of rotatable bonds is 7. The number of anilines is 1. The highest BCUT2D eigenvalue weighted by Gasteiger charge is 2.16. The molecule has 0 saturated carbocycles. The van der Waals surface area contributed by atoms with Crippen LogP contribution in [0.1, 0.15) is 43.5 Å². The Morgan fingerprint density at radius 2 is 2.19 bits per heavy atom. The molecule has 2 heterocycles. The van der Waals surface area contributed by atoms with Crippen LogP contribution >= 0.6 is 0 Å². The molecule has 7 heteroatoms. The molecule has 0 aliphatic heterocycles. The van der Waals surface area contributed by atoms with E-state index in [-0.39, 0.29) is 0 Å². The van der Waals surface area contributed by atoms with Crippen LogP contribution in [0.15, 0.2) is 12.4 Å². The highest BCUT2D eigenvalue weighted by molar-refractivity contribution is 6.05. The Balaban J connectivity index is 2.25. The van der Waals surface area contributed by atoms with Crippen molar-refractivity contribution in [3.05, 3.63) is 18.0 Å². The fraction of sp³-hybridized carbons (Fsp3) is 0.500. The van der Waals surface area contributed by atoms with E-state index in [1.54, 1.807) is 13.1 Å². The molecule has 2 rings (SSSR count). The molecule has 2 aromatic rings. The smallest absolute Gasteiger partial charge is 0.278 e. The molecule has 0 unspecified atom stereocenters. The van der Waals surface area contributed by atoms with Crippen LogP contribution in [0.4, 0.5) is 5.69 Å². The second-order valence-electron chi connectivity index (χ2n) is 4.76. The Morgan fingerprint density at radius 3 is 2.90 bits per heavy atom. The molecule has 0 fully saturated rings. The Kier molecular flexibility index (Phi) is 5.10. The lowest BCUT2D eigenvalue weighted by molar-refractivity contribution is 0.0365. The number of pyridine rings is 1. The molecular weight excluding hydrogens is 270 g/mol. The highest BCUT2D eigenvalue weighted by atomic mass is 16.6. The van der Waals surface area contributed by atoms with Gasteiger partial charge in [0.05, 0.1) is 29.4 Å². The summed E-state index contributed by atoms with van der Waals surface area (Å²) in [6.07, 6.45) is 6.45. The Bertz CT molecular complexity index is 623. The molecule has 0 atom stereocenters. The average molecular weight is 291 g/mol. The van der Waals surface area contributed by atoms with Crippen molar-refractivity contribution in [2.45, 2.75) is 39.7 Å². The second kappa shape index (κ2) is 7.03. The van der Waals surface area contributed by atoms with Crippen LogP contribution in [0.3, 0.4) is 0 Å². The van der Waals surface area contributed by atoms with Crippen LogP contribution in [0.25, 0.3) is 11.0 Å². The topological polar surface area (TPSA) is 95.1 Å². The molecule has 21 heavy (non-hydrogen) atoms. The van der Waals surface area contributed by atoms with Crippen LogP contribution in [0.5, 0.6) is 0 Å². The molecule has 1 amide bonds. The standard InChI is InChI=1S/C14H21N5O2/c1-3-5-6-7-19-13-10(9-17-19)12(15)11(8-16-13)14(20)18-21-4-2/h8-9H,3-7H2,1-2H3,(H2,15,16)(H,18,20). The SMILES string of the molecule is CCCCCn1ncc2c(N)c(C(=O)NOCC)cnc21. The van der Waals surface area contributed by atoms with E-state index in [4.69, 9.17) is 10.6 Å². The van der Waals surface area contributed by atoms with Crippen molar-refractivity contribution in [2.24, 2.45) is 0 Å². The summed E-state index contributed by atoms with van der Waals surface area (Å²) in [6, 6.07) is 0. The predicted molar refractivity (Wildman–Crippen MR) is 80.6 cm³/mol. The van der Waals surface area contributed by atoms with Gasteiger partial charge < -0.3 is 5.73 Å². The first-order chi connectivity index (χ1) is 10.2. The van der Waals surface area contributed by atoms with Crippen LogP contribution in [0, 0.1) is 0 Å². The maximum Gasteiger partial charge on any atom is 0.278 e. The van der Waals surface area contributed by atoms with Crippen molar-refractivity contribution in [1.29, 1.82) is 0 Å². The van der Waals surface area contributed by atoms with Crippen molar-refractivity contribution >= 4 is 22.6 Å². The molecule has 3 N–H and O–H groups in total. The van der Waals surface area contributed by atoms with Crippen LogP contribution in [-0.2, 0) is 11.4 Å². The summed E-state index contributed by atoms with van der Waals surface area (Å²) in [6.45, 7) is 5.12. The van der Waals surface area contributed by atoms with E-state index in [0.29, 0.717) is 28.9 Å². The largest absolute Gasteiger partial charge is 0.397 e. The van der Waals surface area contributed by atoms with Gasteiger partial charge in [0.2, 0.25) is 0 Å². The monoisotopic (exact) mass is 291 g/mol. The molecule has 2 aromatic heterocycles. The van der Waals surface area contributed by atoms with E-state index in [1.807, 2.05) is 4.68 Å². The van der Waals surface area contributed by atoms with E-state index in [9.17, 15) is 4.79 Å². The molecule has 0 spiro atoms. The van der Waals surface area contributed by atoms with Gasteiger partial charge in [0.25, 0.3) is 5.91 Å². The summed E-state index contributed by atoms with van der Waals surface area (Å²) in [5, 5.41) is 4.99. The molecule has 0 saturated heterocycles. The third-order valence-electron chi connectivity index (χ3n) is 3.24. The fourth-order valence-corrected chi connectivity index (χ4v) is 2.09. The van der Waals surface area contributed by atoms with Gasteiger partial charge >= 0.3 is 0 Å². The van der Waals surface area contributed by atoms with Crippen molar-refractivity contribution in [2.75, 3.05) is 12.3 Å². The minimum absolute atomic E-state index is 0.295. The number of unbranched alkanes of at least 4 members (excludes halogenated alkanes) is 2. The van der Waals surface area contributed by atoms with Crippen molar-refractivity contribution in [1.82, 2.24) is 20.2 Å². The maximum atomic E-state index is 11.9. The number of aromatic nitrogens is 3. The number of nitrogen functional groups attached to an aromatic ring is 1. The number of carbonyl (C=O) groups excluding carboxylic acids is 1. The van der Waals surface area contributed by atoms with E-state index in [0.717, 1.165) is 25.8 Å². The summed E-state index contributed by atoms with van der Waals surface area (Å²) in [4.78, 5) is 21.1. The van der Waals surface area contributed by atoms with Gasteiger partial charge in [-0.2, -0.15) is 5.10 Å². The number of nitrogens with one attached hydrogen (secondary N) is 1. The van der Waals surface area contributed by atoms with Crippen molar-refractivity contribution in [3.63, 3.8) is 0 Å². The number of nitrogens with zero attached hydrogens (tertiary/aromatic N) is 3. The fourth-order valence-electron chi connectivity index (χ4n) is 2.09. The number of hydrogen-bond acceptors (Lipinski definition) is 5. The van der Waals surface area contributed by atoms with Gasteiger partial charge in [-0.1, -0.05) is 19.8 Å². The number of fused-ring (bicyclic) bond motifs is 1. The van der Waals surface area contributed by atoms with E-state index in [1.165, 1.54) is 6.20 Å². The zero-order valence-corrected chi connectivity index (χ0v) is 12.4. The maximum absolute atomic E-state index is 11.9. The number of hydroxylamine groups is 1. The van der Waals surface area contributed by atoms with E-state index >= 15 is 0 Å². The molecule has 0 aromatic carbocycles. The zero-order valence-electron chi connectivity index (χ0n) is 12.4. The van der Waals surface area contributed by atoms with Crippen molar-refractivity contribution in [3.8, 4) is 0 Å².